The molecule has 0 aromatic heterocycles. The van der Waals surface area contributed by atoms with Crippen LogP contribution in [0.4, 0.5) is 37.6 Å². The van der Waals surface area contributed by atoms with Crippen molar-refractivity contribution in [2.45, 2.75) is 0 Å². The summed E-state index contributed by atoms with van der Waals surface area (Å²) in [6.07, 6.45) is 0. The standard InChI is InChI=1S/8FH.GeH4.Re/h8*1H;1H4;. The molecule has 0 aromatic carbocycles. The first-order valence-electron chi connectivity index (χ1n) is 0. The molecule has 0 atom stereocenters. The van der Waals surface area contributed by atoms with Crippen LogP contribution in [0.1, 0.15) is 0 Å². The number of hydrogen-bond acceptors (Lipinski definition) is 0. The van der Waals surface area contributed by atoms with Crippen LogP contribution in [0.15, 0.2) is 0 Å². The Bertz CT molecular complexity index is 9.22. The molecule has 0 unspecified atom stereocenters. The summed E-state index contributed by atoms with van der Waals surface area (Å²) in [6, 6.07) is 0. The van der Waals surface area contributed by atoms with Crippen molar-refractivity contribution < 1.29 is 58.1 Å². The number of rotatable bonds is 0. The maximum Gasteiger partial charge on any atom is 0 e. The molecule has 0 aromatic rings. The van der Waals surface area contributed by atoms with E-state index >= 15 is 0 Å². The van der Waals surface area contributed by atoms with Gasteiger partial charge in [0.15, 0.2) is 0 Å². The van der Waals surface area contributed by atoms with Gasteiger partial charge in [0, 0.05) is 20.4 Å². The Labute approximate surface area is 76.1 Å². The second-order valence-electron chi connectivity index (χ2n) is 0. The molecule has 0 rings (SSSR count). The molecule has 10 heteroatoms. The van der Waals surface area contributed by atoms with E-state index in [2.05, 4.69) is 0 Å². The minimum Gasteiger partial charge on any atom is 0 e. The largest absolute Gasteiger partial charge is 0 e. The van der Waals surface area contributed by atoms with Crippen LogP contribution in [-0.4, -0.2) is 17.6 Å². The Balaban J connectivity index is 0. The molecule has 0 saturated carbocycles. The van der Waals surface area contributed by atoms with Gasteiger partial charge in [-0.1, -0.05) is 0 Å². The van der Waals surface area contributed by atoms with E-state index in [1.807, 2.05) is 0 Å². The minimum atomic E-state index is 0. The summed E-state index contributed by atoms with van der Waals surface area (Å²) in [5, 5.41) is 0. The molecule has 0 fully saturated rings. The van der Waals surface area contributed by atoms with Crippen molar-refractivity contribution in [2.24, 2.45) is 0 Å². The molecular formula is H12F8GeRe. The molecule has 79 valence electrons. The third kappa shape index (κ3) is 1210. The average Bonchev–Trinajstić information content (AvgIpc) is 0. The van der Waals surface area contributed by atoms with Crippen LogP contribution in [0.2, 0.25) is 0 Å². The first-order chi connectivity index (χ1) is 0. The topological polar surface area (TPSA) is 0 Å². The Morgan fingerprint density at radius 1 is 0.300 bits per heavy atom. The summed E-state index contributed by atoms with van der Waals surface area (Å²) in [5.74, 6) is 0. The summed E-state index contributed by atoms with van der Waals surface area (Å²) in [4.78, 5) is 0. The van der Waals surface area contributed by atoms with Crippen molar-refractivity contribution in [1.29, 1.82) is 0 Å². The van der Waals surface area contributed by atoms with Crippen LogP contribution in [0, 0.1) is 0 Å². The van der Waals surface area contributed by atoms with Gasteiger partial charge in [-0.15, -0.1) is 0 Å². The second kappa shape index (κ2) is 1730. The van der Waals surface area contributed by atoms with Crippen molar-refractivity contribution in [3.63, 3.8) is 0 Å². The molecule has 0 bridgehead atoms. The van der Waals surface area contributed by atoms with Gasteiger partial charge in [-0.25, -0.2) is 0 Å². The molecule has 10 heavy (non-hydrogen) atoms. The van der Waals surface area contributed by atoms with Crippen molar-refractivity contribution in [1.82, 2.24) is 0 Å². The molecule has 0 N–H and O–H groups in total. The predicted molar refractivity (Wildman–Crippen MR) is 31.4 cm³/mol. The quantitative estimate of drug-likeness (QED) is 0.373. The molecule has 0 aliphatic carbocycles. The fourth-order valence-electron chi connectivity index (χ4n) is 0. The van der Waals surface area contributed by atoms with Gasteiger partial charge in [0.1, 0.15) is 0 Å². The van der Waals surface area contributed by atoms with Crippen LogP contribution >= 0.6 is 0 Å². The third-order valence-electron chi connectivity index (χ3n) is 0. The zero-order chi connectivity index (χ0) is 0. The maximum atomic E-state index is 0. The molecular weight excluding hydrogens is 411 g/mol. The van der Waals surface area contributed by atoms with Crippen molar-refractivity contribution >= 4 is 17.6 Å². The average molecular weight is 423 g/mol. The smallest absolute Gasteiger partial charge is 0 e. The fourth-order valence-corrected chi connectivity index (χ4v) is 0. The van der Waals surface area contributed by atoms with Gasteiger partial charge >= 0.3 is 17.6 Å². The minimum absolute atomic E-state index is 0. The molecule has 0 aliphatic heterocycles. The van der Waals surface area contributed by atoms with Gasteiger partial charge in [0.2, 0.25) is 0 Å². The first kappa shape index (κ1) is 2380. The van der Waals surface area contributed by atoms with Crippen LogP contribution in [0.5, 0.6) is 0 Å². The van der Waals surface area contributed by atoms with Gasteiger partial charge < -0.3 is 0 Å². The van der Waals surface area contributed by atoms with Crippen molar-refractivity contribution in [3.8, 4) is 0 Å². The third-order valence-corrected chi connectivity index (χ3v) is 0. The molecule has 0 amide bonds. The predicted octanol–water partition coefficient (Wildman–Crippen LogP) is -0.234. The van der Waals surface area contributed by atoms with E-state index in [0.717, 1.165) is 0 Å². The van der Waals surface area contributed by atoms with E-state index in [4.69, 9.17) is 0 Å². The van der Waals surface area contributed by atoms with E-state index in [1.165, 1.54) is 0 Å². The SMILES string of the molecule is F.F.F.F.F.F.F.F.[GeH4].[Re]. The van der Waals surface area contributed by atoms with Crippen LogP contribution in [-0.2, 0) is 20.4 Å². The van der Waals surface area contributed by atoms with Gasteiger partial charge in [0.05, 0.1) is 0 Å². The fraction of sp³-hybridized carbons (Fsp3) is 0. The number of hydrogen-bond donors (Lipinski definition) is 0. The molecule has 0 saturated heterocycles. The van der Waals surface area contributed by atoms with Crippen molar-refractivity contribution in [2.75, 3.05) is 0 Å². The molecule has 0 aliphatic rings. The summed E-state index contributed by atoms with van der Waals surface area (Å²) < 4.78 is 0. The first-order valence-corrected chi connectivity index (χ1v) is 0. The Kier molecular flexibility index (Phi) is 412000. The van der Waals surface area contributed by atoms with Crippen LogP contribution in [0.25, 0.3) is 0 Å². The van der Waals surface area contributed by atoms with E-state index in [-0.39, 0.29) is 75.7 Å². The van der Waals surface area contributed by atoms with E-state index < -0.39 is 0 Å². The van der Waals surface area contributed by atoms with Crippen LogP contribution in [0.3, 0.4) is 0 Å². The second-order valence-corrected chi connectivity index (χ2v) is 0. The number of halogens is 8. The Morgan fingerprint density at radius 3 is 0.300 bits per heavy atom. The molecule has 1 radical (unpaired) electrons. The summed E-state index contributed by atoms with van der Waals surface area (Å²) in [6.45, 7) is 0. The summed E-state index contributed by atoms with van der Waals surface area (Å²) in [5.41, 5.74) is 0. The molecule has 0 nitrogen and oxygen atoms in total. The summed E-state index contributed by atoms with van der Waals surface area (Å²) >= 11 is 0. The van der Waals surface area contributed by atoms with E-state index in [1.54, 1.807) is 0 Å². The summed E-state index contributed by atoms with van der Waals surface area (Å²) in [7, 11) is 0. The molecule has 0 heterocycles. The Hall–Kier alpha value is 0.645. The maximum absolute atomic E-state index is 0. The monoisotopic (exact) mass is 425 g/mol. The van der Waals surface area contributed by atoms with Crippen LogP contribution < -0.4 is 0 Å². The van der Waals surface area contributed by atoms with Gasteiger partial charge in [-0.3, -0.25) is 37.6 Å². The van der Waals surface area contributed by atoms with E-state index in [0.29, 0.717) is 0 Å². The van der Waals surface area contributed by atoms with Gasteiger partial charge in [-0.2, -0.15) is 0 Å². The zero-order valence-corrected chi connectivity index (χ0v) is 6.36. The van der Waals surface area contributed by atoms with E-state index in [9.17, 15) is 0 Å². The molecule has 0 spiro atoms. The van der Waals surface area contributed by atoms with Gasteiger partial charge in [0.25, 0.3) is 0 Å². The Morgan fingerprint density at radius 2 is 0.300 bits per heavy atom. The normalized spacial score (nSPS) is 0. The zero-order valence-electron chi connectivity index (χ0n) is 3.64. The van der Waals surface area contributed by atoms with Gasteiger partial charge in [-0.05, 0) is 0 Å². The van der Waals surface area contributed by atoms with Crippen molar-refractivity contribution in [3.05, 3.63) is 0 Å².